The molecule has 26 heavy (non-hydrogen) atoms. The largest absolute Gasteiger partial charge is 0.376 e. The van der Waals surface area contributed by atoms with Crippen molar-refractivity contribution < 1.29 is 14.1 Å². The lowest BCUT2D eigenvalue weighted by Crippen LogP contribution is -2.37. The zero-order chi connectivity index (χ0) is 17.8. The van der Waals surface area contributed by atoms with Crippen molar-refractivity contribution in [2.45, 2.75) is 44.6 Å². The van der Waals surface area contributed by atoms with E-state index in [0.717, 1.165) is 31.4 Å². The fourth-order valence-corrected chi connectivity index (χ4v) is 3.54. The molecule has 2 aromatic rings. The van der Waals surface area contributed by atoms with E-state index in [2.05, 4.69) is 10.1 Å². The molecule has 1 amide bonds. The van der Waals surface area contributed by atoms with Gasteiger partial charge in [-0.15, -0.1) is 0 Å². The van der Waals surface area contributed by atoms with Crippen LogP contribution in [0.15, 0.2) is 34.9 Å². The molecule has 1 aliphatic heterocycles. The van der Waals surface area contributed by atoms with E-state index in [0.29, 0.717) is 43.8 Å². The van der Waals surface area contributed by atoms with Gasteiger partial charge in [-0.3, -0.25) is 4.79 Å². The fourth-order valence-electron chi connectivity index (χ4n) is 3.54. The van der Waals surface area contributed by atoms with Crippen molar-refractivity contribution in [1.29, 1.82) is 0 Å². The molecule has 1 saturated carbocycles. The number of carbonyl (C=O) groups excluding carboxylic acids is 1. The van der Waals surface area contributed by atoms with Crippen molar-refractivity contribution in [3.8, 4) is 0 Å². The van der Waals surface area contributed by atoms with E-state index in [1.165, 1.54) is 6.42 Å². The highest BCUT2D eigenvalue weighted by atomic mass is 16.5. The van der Waals surface area contributed by atoms with Gasteiger partial charge in [-0.05, 0) is 24.8 Å². The summed E-state index contributed by atoms with van der Waals surface area (Å²) in [7, 11) is 0. The standard InChI is InChI=1S/C20H25N3O3/c24-20(16-7-4-8-16)23-11-9-17(13-23)19-21-18(22-26-19)10-12-25-14-15-5-2-1-3-6-15/h1-3,5-6,16-17H,4,7-14H2. The first kappa shape index (κ1) is 17.2. The molecule has 138 valence electrons. The van der Waals surface area contributed by atoms with Gasteiger partial charge >= 0.3 is 0 Å². The van der Waals surface area contributed by atoms with Gasteiger partial charge < -0.3 is 14.2 Å². The van der Waals surface area contributed by atoms with Gasteiger partial charge in [-0.25, -0.2) is 0 Å². The van der Waals surface area contributed by atoms with E-state index < -0.39 is 0 Å². The van der Waals surface area contributed by atoms with Gasteiger partial charge in [0.25, 0.3) is 0 Å². The third-order valence-corrected chi connectivity index (χ3v) is 5.37. The molecular formula is C20H25N3O3. The van der Waals surface area contributed by atoms with Crippen molar-refractivity contribution in [2.24, 2.45) is 5.92 Å². The number of ether oxygens (including phenoxy) is 1. The summed E-state index contributed by atoms with van der Waals surface area (Å²) in [6.07, 6.45) is 4.83. The number of benzene rings is 1. The Balaban J connectivity index is 1.22. The number of hydrogen-bond donors (Lipinski definition) is 0. The number of carbonyl (C=O) groups is 1. The van der Waals surface area contributed by atoms with Crippen molar-refractivity contribution >= 4 is 5.91 Å². The van der Waals surface area contributed by atoms with Crippen LogP contribution >= 0.6 is 0 Å². The first-order valence-electron chi connectivity index (χ1n) is 9.52. The summed E-state index contributed by atoms with van der Waals surface area (Å²) in [6.45, 7) is 2.66. The van der Waals surface area contributed by atoms with E-state index in [9.17, 15) is 4.79 Å². The highest BCUT2D eigenvalue weighted by molar-refractivity contribution is 5.79. The molecule has 6 nitrogen and oxygen atoms in total. The second-order valence-electron chi connectivity index (χ2n) is 7.23. The van der Waals surface area contributed by atoms with Crippen LogP contribution in [0.1, 0.15) is 48.9 Å². The van der Waals surface area contributed by atoms with Gasteiger partial charge in [0.2, 0.25) is 11.8 Å². The molecule has 2 heterocycles. The summed E-state index contributed by atoms with van der Waals surface area (Å²) in [6, 6.07) is 10.1. The Morgan fingerprint density at radius 1 is 1.23 bits per heavy atom. The monoisotopic (exact) mass is 355 g/mol. The molecule has 1 saturated heterocycles. The van der Waals surface area contributed by atoms with Crippen molar-refractivity contribution in [3.63, 3.8) is 0 Å². The van der Waals surface area contributed by atoms with Crippen molar-refractivity contribution in [2.75, 3.05) is 19.7 Å². The van der Waals surface area contributed by atoms with E-state index in [1.54, 1.807) is 0 Å². The Hall–Kier alpha value is -2.21. The van der Waals surface area contributed by atoms with Gasteiger partial charge in [0.1, 0.15) is 0 Å². The van der Waals surface area contributed by atoms with Crippen molar-refractivity contribution in [3.05, 3.63) is 47.6 Å². The first-order chi connectivity index (χ1) is 12.8. The topological polar surface area (TPSA) is 68.5 Å². The minimum absolute atomic E-state index is 0.172. The third-order valence-electron chi connectivity index (χ3n) is 5.37. The van der Waals surface area contributed by atoms with Crippen LogP contribution in [-0.2, 0) is 22.6 Å². The number of rotatable bonds is 7. The Labute approximate surface area is 153 Å². The van der Waals surface area contributed by atoms with Crippen LogP contribution in [0, 0.1) is 5.92 Å². The van der Waals surface area contributed by atoms with E-state index in [4.69, 9.17) is 9.26 Å². The zero-order valence-electron chi connectivity index (χ0n) is 15.0. The van der Waals surface area contributed by atoms with Crippen LogP contribution in [0.5, 0.6) is 0 Å². The highest BCUT2D eigenvalue weighted by Gasteiger charge is 2.35. The molecule has 4 rings (SSSR count). The summed E-state index contributed by atoms with van der Waals surface area (Å²) in [5.74, 6) is 2.08. The van der Waals surface area contributed by atoms with E-state index >= 15 is 0 Å². The molecule has 2 fully saturated rings. The average molecular weight is 355 g/mol. The first-order valence-corrected chi connectivity index (χ1v) is 9.52. The summed E-state index contributed by atoms with van der Waals surface area (Å²) in [5, 5.41) is 4.07. The molecule has 1 aromatic carbocycles. The number of nitrogens with zero attached hydrogens (tertiary/aromatic N) is 3. The summed E-state index contributed by atoms with van der Waals surface area (Å²) < 4.78 is 11.1. The second kappa shape index (κ2) is 7.99. The summed E-state index contributed by atoms with van der Waals surface area (Å²) in [4.78, 5) is 18.8. The van der Waals surface area contributed by atoms with Crippen molar-refractivity contribution in [1.82, 2.24) is 15.0 Å². The van der Waals surface area contributed by atoms with Gasteiger partial charge in [-0.1, -0.05) is 41.9 Å². The molecule has 0 N–H and O–H groups in total. The molecule has 0 radical (unpaired) electrons. The Morgan fingerprint density at radius 2 is 2.08 bits per heavy atom. The lowest BCUT2D eigenvalue weighted by atomic mass is 9.84. The van der Waals surface area contributed by atoms with Crippen LogP contribution in [0.4, 0.5) is 0 Å². The van der Waals surface area contributed by atoms with Gasteiger partial charge in [0, 0.05) is 25.4 Å². The quantitative estimate of drug-likeness (QED) is 0.714. The number of hydrogen-bond acceptors (Lipinski definition) is 5. The smallest absolute Gasteiger partial charge is 0.231 e. The Bertz CT molecular complexity index is 727. The molecule has 6 heteroatoms. The average Bonchev–Trinajstić information content (AvgIpc) is 3.27. The second-order valence-corrected chi connectivity index (χ2v) is 7.23. The predicted molar refractivity (Wildman–Crippen MR) is 95.4 cm³/mol. The number of likely N-dealkylation sites (tertiary alicyclic amines) is 1. The maximum atomic E-state index is 12.3. The Morgan fingerprint density at radius 3 is 2.85 bits per heavy atom. The Kier molecular flexibility index (Phi) is 5.29. The lowest BCUT2D eigenvalue weighted by Gasteiger charge is -2.28. The summed E-state index contributed by atoms with van der Waals surface area (Å²) in [5.41, 5.74) is 1.16. The molecule has 1 aliphatic carbocycles. The van der Waals surface area contributed by atoms with Crippen LogP contribution < -0.4 is 0 Å². The predicted octanol–water partition coefficient (Wildman–Crippen LogP) is 2.94. The highest BCUT2D eigenvalue weighted by Crippen LogP contribution is 2.32. The zero-order valence-corrected chi connectivity index (χ0v) is 15.0. The van der Waals surface area contributed by atoms with Crippen LogP contribution in [0.3, 0.4) is 0 Å². The molecular weight excluding hydrogens is 330 g/mol. The van der Waals surface area contributed by atoms with Gasteiger partial charge in [0.15, 0.2) is 5.82 Å². The number of aromatic nitrogens is 2. The summed E-state index contributed by atoms with van der Waals surface area (Å²) >= 11 is 0. The minimum atomic E-state index is 0.172. The lowest BCUT2D eigenvalue weighted by molar-refractivity contribution is -0.137. The number of amides is 1. The fraction of sp³-hybridized carbons (Fsp3) is 0.550. The molecule has 1 aromatic heterocycles. The maximum absolute atomic E-state index is 12.3. The van der Waals surface area contributed by atoms with Gasteiger partial charge in [-0.2, -0.15) is 4.98 Å². The van der Waals surface area contributed by atoms with Crippen LogP contribution in [0.25, 0.3) is 0 Å². The molecule has 2 aliphatic rings. The third kappa shape index (κ3) is 3.96. The van der Waals surface area contributed by atoms with E-state index in [1.807, 2.05) is 35.2 Å². The van der Waals surface area contributed by atoms with Crippen LogP contribution in [-0.4, -0.2) is 40.6 Å². The van der Waals surface area contributed by atoms with Crippen LogP contribution in [0.2, 0.25) is 0 Å². The molecule has 0 spiro atoms. The minimum Gasteiger partial charge on any atom is -0.376 e. The molecule has 0 bridgehead atoms. The molecule has 1 atom stereocenters. The normalized spacial score (nSPS) is 20.3. The SMILES string of the molecule is O=C(C1CCC1)N1CCC(c2nc(CCOCc3ccccc3)no2)C1. The van der Waals surface area contributed by atoms with E-state index in [-0.39, 0.29) is 11.8 Å². The van der Waals surface area contributed by atoms with Gasteiger partial charge in [0.05, 0.1) is 19.1 Å². The maximum Gasteiger partial charge on any atom is 0.231 e. The molecule has 1 unspecified atom stereocenters.